The van der Waals surface area contributed by atoms with Crippen molar-refractivity contribution in [1.29, 1.82) is 0 Å². The van der Waals surface area contributed by atoms with Gasteiger partial charge in [0.05, 0.1) is 22.5 Å². The van der Waals surface area contributed by atoms with Crippen LogP contribution in [0.3, 0.4) is 0 Å². The van der Waals surface area contributed by atoms with E-state index in [4.69, 9.17) is 0 Å². The number of aliphatic hydroxyl groups is 1. The van der Waals surface area contributed by atoms with Crippen LogP contribution in [-0.4, -0.2) is 34.2 Å². The topological polar surface area (TPSA) is 79.5 Å². The summed E-state index contributed by atoms with van der Waals surface area (Å²) in [5, 5.41) is 21.8. The number of nitro benzene ring substituents is 1. The van der Waals surface area contributed by atoms with E-state index < -0.39 is 10.5 Å². The van der Waals surface area contributed by atoms with E-state index in [1.807, 2.05) is 25.8 Å². The lowest BCUT2D eigenvalue weighted by Crippen LogP contribution is -2.44. The number of nitrogens with zero attached hydrogens (tertiary/aromatic N) is 3. The van der Waals surface area contributed by atoms with Gasteiger partial charge in [-0.3, -0.25) is 15.1 Å². The zero-order valence-corrected chi connectivity index (χ0v) is 11.7. The Bertz CT molecular complexity index is 655. The Hall–Kier alpha value is -2.21. The van der Waals surface area contributed by atoms with Gasteiger partial charge in [-0.25, -0.2) is 0 Å². The van der Waals surface area contributed by atoms with Gasteiger partial charge in [-0.2, -0.15) is 0 Å². The summed E-state index contributed by atoms with van der Waals surface area (Å²) in [5.41, 5.74) is 0.387. The summed E-state index contributed by atoms with van der Waals surface area (Å²) in [4.78, 5) is 16.6. The van der Waals surface area contributed by atoms with Crippen LogP contribution in [0.2, 0.25) is 0 Å². The third-order valence-corrected chi connectivity index (χ3v) is 3.63. The molecule has 0 saturated heterocycles. The number of non-ortho nitro benzene ring substituents is 1. The van der Waals surface area contributed by atoms with Gasteiger partial charge >= 0.3 is 0 Å². The van der Waals surface area contributed by atoms with E-state index in [0.29, 0.717) is 10.8 Å². The van der Waals surface area contributed by atoms with Crippen molar-refractivity contribution in [3.63, 3.8) is 0 Å². The highest BCUT2D eigenvalue weighted by Gasteiger charge is 2.25. The van der Waals surface area contributed by atoms with Crippen LogP contribution in [0.15, 0.2) is 30.6 Å². The summed E-state index contributed by atoms with van der Waals surface area (Å²) in [5.74, 6) is 0. The molecule has 1 heterocycles. The van der Waals surface area contributed by atoms with Crippen LogP contribution >= 0.6 is 0 Å². The van der Waals surface area contributed by atoms with Crippen molar-refractivity contribution >= 4 is 22.1 Å². The maximum atomic E-state index is 11.1. The summed E-state index contributed by atoms with van der Waals surface area (Å²) in [6.45, 7) is 3.77. The second-order valence-electron chi connectivity index (χ2n) is 5.31. The van der Waals surface area contributed by atoms with Gasteiger partial charge in [-0.1, -0.05) is 0 Å². The van der Waals surface area contributed by atoms with Gasteiger partial charge in [0.25, 0.3) is 5.69 Å². The molecule has 1 N–H and O–H groups in total. The molecule has 2 rings (SSSR count). The highest BCUT2D eigenvalue weighted by molar-refractivity contribution is 5.99. The van der Waals surface area contributed by atoms with Gasteiger partial charge in [-0.05, 0) is 26.0 Å². The Labute approximate surface area is 116 Å². The molecule has 0 atom stereocenters. The number of nitro groups is 1. The largest absolute Gasteiger partial charge is 0.394 e. The number of hydrogen-bond acceptors (Lipinski definition) is 5. The number of likely N-dealkylation sites (N-methyl/N-ethyl adjacent to an activating group) is 1. The van der Waals surface area contributed by atoms with Crippen molar-refractivity contribution < 1.29 is 10.0 Å². The minimum Gasteiger partial charge on any atom is -0.394 e. The van der Waals surface area contributed by atoms with Gasteiger partial charge in [0.2, 0.25) is 0 Å². The minimum absolute atomic E-state index is 0.0256. The molecule has 106 valence electrons. The maximum Gasteiger partial charge on any atom is 0.277 e. The number of benzene rings is 1. The highest BCUT2D eigenvalue weighted by atomic mass is 16.6. The third-order valence-electron chi connectivity index (χ3n) is 3.63. The first-order valence-corrected chi connectivity index (χ1v) is 6.24. The van der Waals surface area contributed by atoms with E-state index >= 15 is 0 Å². The maximum absolute atomic E-state index is 11.1. The van der Waals surface area contributed by atoms with Crippen molar-refractivity contribution in [3.05, 3.63) is 40.7 Å². The van der Waals surface area contributed by atoms with Gasteiger partial charge in [-0.15, -0.1) is 0 Å². The van der Waals surface area contributed by atoms with E-state index in [2.05, 4.69) is 4.98 Å². The number of fused-ring (bicyclic) bond motifs is 1. The van der Waals surface area contributed by atoms with Gasteiger partial charge in [0.15, 0.2) is 0 Å². The lowest BCUT2D eigenvalue weighted by atomic mass is 10.0. The fourth-order valence-corrected chi connectivity index (χ4v) is 2.04. The Morgan fingerprint density at radius 1 is 1.35 bits per heavy atom. The molecule has 0 radical (unpaired) electrons. The molecule has 1 aromatic heterocycles. The molecule has 20 heavy (non-hydrogen) atoms. The summed E-state index contributed by atoms with van der Waals surface area (Å²) in [6.07, 6.45) is 3.15. The summed E-state index contributed by atoms with van der Waals surface area (Å²) in [7, 11) is 1.85. The van der Waals surface area contributed by atoms with Crippen molar-refractivity contribution in [2.75, 3.05) is 18.6 Å². The van der Waals surface area contributed by atoms with Crippen LogP contribution in [-0.2, 0) is 0 Å². The number of aliphatic hydroxyl groups excluding tert-OH is 1. The van der Waals surface area contributed by atoms with Gasteiger partial charge in [0.1, 0.15) is 0 Å². The molecule has 0 saturated carbocycles. The fraction of sp³-hybridized carbons (Fsp3) is 0.357. The Balaban J connectivity index is 2.68. The standard InChI is InChI=1S/C14H17N3O3/c1-14(2,9-18)16(3)12-4-5-13(17(19)20)10-6-7-15-8-11(10)12/h4-8,18H,9H2,1-3H3. The highest BCUT2D eigenvalue weighted by Crippen LogP contribution is 2.34. The van der Waals surface area contributed by atoms with Crippen LogP contribution in [0.4, 0.5) is 11.4 Å². The second kappa shape index (κ2) is 5.05. The Morgan fingerprint density at radius 3 is 2.65 bits per heavy atom. The van der Waals surface area contributed by atoms with Crippen LogP contribution in [0.1, 0.15) is 13.8 Å². The smallest absolute Gasteiger partial charge is 0.277 e. The van der Waals surface area contributed by atoms with Crippen LogP contribution in [0.5, 0.6) is 0 Å². The van der Waals surface area contributed by atoms with Crippen molar-refractivity contribution in [3.8, 4) is 0 Å². The van der Waals surface area contributed by atoms with Crippen molar-refractivity contribution in [2.24, 2.45) is 0 Å². The zero-order valence-electron chi connectivity index (χ0n) is 11.7. The molecule has 2 aromatic rings. The summed E-state index contributed by atoms with van der Waals surface area (Å²) >= 11 is 0. The van der Waals surface area contributed by atoms with E-state index in [9.17, 15) is 15.2 Å². The molecule has 0 bridgehead atoms. The average Bonchev–Trinajstić information content (AvgIpc) is 2.45. The van der Waals surface area contributed by atoms with E-state index in [1.165, 1.54) is 12.3 Å². The number of hydrogen-bond donors (Lipinski definition) is 1. The molecule has 0 unspecified atom stereocenters. The second-order valence-corrected chi connectivity index (χ2v) is 5.31. The molecule has 6 nitrogen and oxygen atoms in total. The number of rotatable bonds is 4. The molecule has 0 aliphatic rings. The van der Waals surface area contributed by atoms with Crippen molar-refractivity contribution in [1.82, 2.24) is 4.98 Å². The third kappa shape index (κ3) is 2.30. The molecular formula is C14H17N3O3. The van der Waals surface area contributed by atoms with E-state index in [1.54, 1.807) is 18.3 Å². The molecule has 0 aliphatic carbocycles. The number of pyridine rings is 1. The fourth-order valence-electron chi connectivity index (χ4n) is 2.04. The molecule has 0 fully saturated rings. The zero-order chi connectivity index (χ0) is 14.9. The van der Waals surface area contributed by atoms with Gasteiger partial charge in [0, 0.05) is 36.6 Å². The first kappa shape index (κ1) is 14.2. The predicted molar refractivity (Wildman–Crippen MR) is 78.0 cm³/mol. The molecule has 1 aromatic carbocycles. The van der Waals surface area contributed by atoms with Crippen LogP contribution < -0.4 is 4.90 Å². The predicted octanol–water partition coefficient (Wildman–Crippen LogP) is 2.35. The molecular weight excluding hydrogens is 258 g/mol. The quantitative estimate of drug-likeness (QED) is 0.684. The SMILES string of the molecule is CN(c1ccc([N+](=O)[O-])c2ccncc12)C(C)(C)CO. The minimum atomic E-state index is -0.473. The Morgan fingerprint density at radius 2 is 2.05 bits per heavy atom. The molecule has 0 amide bonds. The first-order valence-electron chi connectivity index (χ1n) is 6.24. The molecule has 0 aliphatic heterocycles. The number of aromatic nitrogens is 1. The Kier molecular flexibility index (Phi) is 3.59. The lowest BCUT2D eigenvalue weighted by Gasteiger charge is -2.36. The van der Waals surface area contributed by atoms with Crippen molar-refractivity contribution in [2.45, 2.75) is 19.4 Å². The summed E-state index contributed by atoms with van der Waals surface area (Å²) < 4.78 is 0. The van der Waals surface area contributed by atoms with Gasteiger partial charge < -0.3 is 10.0 Å². The first-order chi connectivity index (χ1) is 9.38. The molecule has 6 heteroatoms. The normalized spacial score (nSPS) is 11.6. The van der Waals surface area contributed by atoms with Crippen LogP contribution in [0, 0.1) is 10.1 Å². The summed E-state index contributed by atoms with van der Waals surface area (Å²) in [6, 6.07) is 4.82. The lowest BCUT2D eigenvalue weighted by molar-refractivity contribution is -0.383. The van der Waals surface area contributed by atoms with E-state index in [0.717, 1.165) is 5.69 Å². The molecule has 0 spiro atoms. The van der Waals surface area contributed by atoms with E-state index in [-0.39, 0.29) is 12.3 Å². The van der Waals surface area contributed by atoms with Crippen LogP contribution in [0.25, 0.3) is 10.8 Å². The monoisotopic (exact) mass is 275 g/mol. The number of anilines is 1. The average molecular weight is 275 g/mol.